The molecule has 2 atom stereocenters. The quantitative estimate of drug-likeness (QED) is 0.914. The Morgan fingerprint density at radius 2 is 2.24 bits per heavy atom. The van der Waals surface area contributed by atoms with Crippen LogP contribution in [0, 0.1) is 6.92 Å². The summed E-state index contributed by atoms with van der Waals surface area (Å²) in [7, 11) is 0. The summed E-state index contributed by atoms with van der Waals surface area (Å²) in [6, 6.07) is 8.78. The summed E-state index contributed by atoms with van der Waals surface area (Å²) >= 11 is 1.50. The molecule has 0 aliphatic carbocycles. The third kappa shape index (κ3) is 3.76. The van der Waals surface area contributed by atoms with Crippen LogP contribution in [0.25, 0.3) is 10.6 Å². The van der Waals surface area contributed by atoms with E-state index < -0.39 is 0 Å². The molecule has 0 spiro atoms. The third-order valence-electron chi connectivity index (χ3n) is 4.99. The minimum Gasteiger partial charge on any atom is -0.373 e. The monoisotopic (exact) mass is 357 g/mol. The number of ether oxygens (including phenoxy) is 1. The van der Waals surface area contributed by atoms with E-state index >= 15 is 0 Å². The van der Waals surface area contributed by atoms with Gasteiger partial charge < -0.3 is 10.1 Å². The number of hydrogen-bond acceptors (Lipinski definition) is 5. The van der Waals surface area contributed by atoms with E-state index in [0.29, 0.717) is 18.3 Å². The highest BCUT2D eigenvalue weighted by Gasteiger charge is 2.32. The first-order valence-corrected chi connectivity index (χ1v) is 9.73. The zero-order valence-corrected chi connectivity index (χ0v) is 15.2. The zero-order chi connectivity index (χ0) is 17.2. The number of hydrogen-bond donors (Lipinski definition) is 1. The highest BCUT2D eigenvalue weighted by Crippen LogP contribution is 2.24. The summed E-state index contributed by atoms with van der Waals surface area (Å²) < 4.78 is 5.89. The highest BCUT2D eigenvalue weighted by atomic mass is 32.1. The molecule has 3 heterocycles. The number of carbonyl (C=O) groups is 1. The van der Waals surface area contributed by atoms with E-state index in [9.17, 15) is 4.79 Å². The summed E-state index contributed by atoms with van der Waals surface area (Å²) in [5.74, 6) is -0.123. The maximum atomic E-state index is 12.4. The molecule has 0 bridgehead atoms. The molecule has 2 fully saturated rings. The molecule has 2 saturated heterocycles. The Kier molecular flexibility index (Phi) is 4.83. The second-order valence-corrected chi connectivity index (χ2v) is 7.72. The number of morpholine rings is 1. The molecule has 2 aliphatic heterocycles. The van der Waals surface area contributed by atoms with Crippen LogP contribution >= 0.6 is 11.3 Å². The van der Waals surface area contributed by atoms with Gasteiger partial charge in [0.05, 0.1) is 12.7 Å². The summed E-state index contributed by atoms with van der Waals surface area (Å²) in [4.78, 5) is 19.3. The van der Waals surface area contributed by atoms with Crippen LogP contribution in [0.3, 0.4) is 0 Å². The van der Waals surface area contributed by atoms with Crippen molar-refractivity contribution in [3.8, 4) is 10.6 Å². The summed E-state index contributed by atoms with van der Waals surface area (Å²) in [5, 5.41) is 5.67. The van der Waals surface area contributed by atoms with Crippen molar-refractivity contribution in [2.24, 2.45) is 0 Å². The predicted octanol–water partition coefficient (Wildman–Crippen LogP) is 2.71. The molecule has 1 N–H and O–H groups in total. The van der Waals surface area contributed by atoms with Crippen molar-refractivity contribution in [2.75, 3.05) is 26.2 Å². The SMILES string of the molecule is Cc1ccc(-c2nc(C(=O)NC[C@H]3CN4CCC[C@@H]4CO3)cs2)cc1. The van der Waals surface area contributed by atoms with Crippen molar-refractivity contribution < 1.29 is 9.53 Å². The average Bonchev–Trinajstić information content (AvgIpc) is 3.29. The Hall–Kier alpha value is -1.76. The van der Waals surface area contributed by atoms with Gasteiger partial charge in [0.25, 0.3) is 5.91 Å². The number of rotatable bonds is 4. The zero-order valence-electron chi connectivity index (χ0n) is 14.4. The van der Waals surface area contributed by atoms with Crippen LogP contribution in [0.5, 0.6) is 0 Å². The van der Waals surface area contributed by atoms with Crippen molar-refractivity contribution in [3.63, 3.8) is 0 Å². The highest BCUT2D eigenvalue weighted by molar-refractivity contribution is 7.13. The van der Waals surface area contributed by atoms with E-state index in [0.717, 1.165) is 30.3 Å². The van der Waals surface area contributed by atoms with E-state index in [1.807, 2.05) is 17.5 Å². The van der Waals surface area contributed by atoms with Crippen LogP contribution in [-0.2, 0) is 4.74 Å². The van der Waals surface area contributed by atoms with Crippen molar-refractivity contribution in [1.82, 2.24) is 15.2 Å². The maximum Gasteiger partial charge on any atom is 0.270 e. The summed E-state index contributed by atoms with van der Waals surface area (Å²) in [6.07, 6.45) is 2.57. The Bertz CT molecular complexity index is 743. The number of amides is 1. The van der Waals surface area contributed by atoms with Gasteiger partial charge in [-0.05, 0) is 26.3 Å². The Labute approximate surface area is 152 Å². The number of carbonyl (C=O) groups excluding carboxylic acids is 1. The van der Waals surface area contributed by atoms with E-state index in [2.05, 4.69) is 34.3 Å². The fourth-order valence-electron chi connectivity index (χ4n) is 3.51. The molecule has 0 saturated carbocycles. The molecule has 4 rings (SSSR count). The molecule has 25 heavy (non-hydrogen) atoms. The lowest BCUT2D eigenvalue weighted by atomic mass is 10.2. The van der Waals surface area contributed by atoms with Crippen molar-refractivity contribution in [1.29, 1.82) is 0 Å². The van der Waals surface area contributed by atoms with Gasteiger partial charge in [-0.3, -0.25) is 9.69 Å². The smallest absolute Gasteiger partial charge is 0.270 e. The van der Waals surface area contributed by atoms with Crippen LogP contribution in [-0.4, -0.2) is 54.2 Å². The molecule has 1 amide bonds. The fourth-order valence-corrected chi connectivity index (χ4v) is 4.32. The van der Waals surface area contributed by atoms with Gasteiger partial charge in [-0.1, -0.05) is 29.8 Å². The average molecular weight is 357 g/mol. The van der Waals surface area contributed by atoms with Gasteiger partial charge in [0.1, 0.15) is 10.7 Å². The molecule has 5 nitrogen and oxygen atoms in total. The lowest BCUT2D eigenvalue weighted by Crippen LogP contribution is -2.50. The summed E-state index contributed by atoms with van der Waals surface area (Å²) in [5.41, 5.74) is 2.74. The third-order valence-corrected chi connectivity index (χ3v) is 5.88. The number of thiazole rings is 1. The van der Waals surface area contributed by atoms with Gasteiger partial charge in [0, 0.05) is 30.1 Å². The van der Waals surface area contributed by atoms with Gasteiger partial charge in [-0.15, -0.1) is 11.3 Å². The first kappa shape index (κ1) is 16.7. The van der Waals surface area contributed by atoms with Crippen molar-refractivity contribution >= 4 is 17.2 Å². The largest absolute Gasteiger partial charge is 0.373 e. The lowest BCUT2D eigenvalue weighted by Gasteiger charge is -2.35. The number of nitrogens with one attached hydrogen (secondary N) is 1. The van der Waals surface area contributed by atoms with Gasteiger partial charge in [-0.25, -0.2) is 4.98 Å². The standard InChI is InChI=1S/C19H23N3O2S/c1-13-4-6-14(7-5-13)19-21-17(12-25-19)18(23)20-9-16-10-22-8-2-3-15(22)11-24-16/h4-7,12,15-16H,2-3,8-11H2,1H3,(H,20,23)/t15-,16+/m1/s1. The van der Waals surface area contributed by atoms with E-state index in [4.69, 9.17) is 4.74 Å². The van der Waals surface area contributed by atoms with Crippen molar-refractivity contribution in [3.05, 3.63) is 40.9 Å². The van der Waals surface area contributed by atoms with Crippen LogP contribution in [0.15, 0.2) is 29.6 Å². The minimum atomic E-state index is -0.123. The van der Waals surface area contributed by atoms with Gasteiger partial charge in [-0.2, -0.15) is 0 Å². The minimum absolute atomic E-state index is 0.0773. The number of benzene rings is 1. The van der Waals surface area contributed by atoms with Crippen LogP contribution in [0.4, 0.5) is 0 Å². The molecule has 1 aromatic carbocycles. The van der Waals surface area contributed by atoms with Gasteiger partial charge in [0.15, 0.2) is 0 Å². The normalized spacial score (nSPS) is 23.4. The van der Waals surface area contributed by atoms with E-state index in [1.165, 1.54) is 29.7 Å². The molecular weight excluding hydrogens is 334 g/mol. The fraction of sp³-hybridized carbons (Fsp3) is 0.474. The molecule has 132 valence electrons. The van der Waals surface area contributed by atoms with Crippen LogP contribution in [0.1, 0.15) is 28.9 Å². The van der Waals surface area contributed by atoms with E-state index in [1.54, 1.807) is 0 Å². The maximum absolute atomic E-state index is 12.4. The number of fused-ring (bicyclic) bond motifs is 1. The van der Waals surface area contributed by atoms with Crippen molar-refractivity contribution in [2.45, 2.75) is 31.9 Å². The van der Waals surface area contributed by atoms with Crippen LogP contribution in [0.2, 0.25) is 0 Å². The second-order valence-electron chi connectivity index (χ2n) is 6.86. The first-order valence-electron chi connectivity index (χ1n) is 8.85. The molecule has 6 heteroatoms. The molecular formula is C19H23N3O2S. The van der Waals surface area contributed by atoms with E-state index in [-0.39, 0.29) is 12.0 Å². The topological polar surface area (TPSA) is 54.5 Å². The van der Waals surface area contributed by atoms with Gasteiger partial charge in [0.2, 0.25) is 0 Å². The first-order chi connectivity index (χ1) is 12.2. The second kappa shape index (κ2) is 7.23. The molecule has 2 aromatic rings. The molecule has 0 radical (unpaired) electrons. The Balaban J connectivity index is 1.33. The van der Waals surface area contributed by atoms with Gasteiger partial charge >= 0.3 is 0 Å². The Morgan fingerprint density at radius 1 is 1.40 bits per heavy atom. The number of aromatic nitrogens is 1. The molecule has 1 aromatic heterocycles. The molecule has 2 aliphatic rings. The number of aryl methyl sites for hydroxylation is 1. The number of nitrogens with zero attached hydrogens (tertiary/aromatic N) is 2. The lowest BCUT2D eigenvalue weighted by molar-refractivity contribution is -0.0462. The Morgan fingerprint density at radius 3 is 3.08 bits per heavy atom. The molecule has 0 unspecified atom stereocenters. The summed E-state index contributed by atoms with van der Waals surface area (Å²) in [6.45, 7) is 5.46. The predicted molar refractivity (Wildman–Crippen MR) is 99.0 cm³/mol. The van der Waals surface area contributed by atoms with Crippen LogP contribution < -0.4 is 5.32 Å².